The molecule has 2 aromatic rings. The number of nitrogens with two attached hydrogens (primary N) is 1. The highest BCUT2D eigenvalue weighted by Crippen LogP contribution is 2.29. The number of hydrogen-bond acceptors (Lipinski definition) is 4. The van der Waals surface area contributed by atoms with Crippen LogP contribution < -0.4 is 15.8 Å². The van der Waals surface area contributed by atoms with E-state index in [9.17, 15) is 4.39 Å². The Labute approximate surface area is 123 Å². The maximum Gasteiger partial charge on any atom is 0.144 e. The van der Waals surface area contributed by atoms with Gasteiger partial charge in [-0.1, -0.05) is 6.07 Å². The Morgan fingerprint density at radius 1 is 1.29 bits per heavy atom. The number of ether oxygens (including phenoxy) is 1. The molecule has 0 radical (unpaired) electrons. The SMILES string of the molecule is CC(C)Oc1cc(Nc2cccc(F)c2C#N)ccc1N. The summed E-state index contributed by atoms with van der Waals surface area (Å²) >= 11 is 0. The summed E-state index contributed by atoms with van der Waals surface area (Å²) in [5.41, 5.74) is 7.41. The van der Waals surface area contributed by atoms with Crippen LogP contribution in [0.2, 0.25) is 0 Å². The van der Waals surface area contributed by atoms with E-state index in [2.05, 4.69) is 5.32 Å². The van der Waals surface area contributed by atoms with E-state index in [0.29, 0.717) is 22.8 Å². The van der Waals surface area contributed by atoms with E-state index in [1.165, 1.54) is 6.07 Å². The third kappa shape index (κ3) is 3.42. The summed E-state index contributed by atoms with van der Waals surface area (Å²) in [4.78, 5) is 0. The molecule has 0 aliphatic carbocycles. The van der Waals surface area contributed by atoms with Crippen molar-refractivity contribution >= 4 is 17.1 Å². The van der Waals surface area contributed by atoms with Crippen LogP contribution in [0.3, 0.4) is 0 Å². The lowest BCUT2D eigenvalue weighted by molar-refractivity contribution is 0.244. The quantitative estimate of drug-likeness (QED) is 0.838. The molecule has 0 spiro atoms. The molecule has 0 unspecified atom stereocenters. The second-order valence-corrected chi connectivity index (χ2v) is 4.82. The summed E-state index contributed by atoms with van der Waals surface area (Å²) in [5, 5.41) is 12.0. The van der Waals surface area contributed by atoms with Crippen LogP contribution in [0.25, 0.3) is 0 Å². The normalized spacial score (nSPS) is 10.2. The third-order valence-electron chi connectivity index (χ3n) is 2.78. The number of hydrogen-bond donors (Lipinski definition) is 2. The van der Waals surface area contributed by atoms with Crippen molar-refractivity contribution in [3.63, 3.8) is 0 Å². The molecule has 3 N–H and O–H groups in total. The van der Waals surface area contributed by atoms with Crippen LogP contribution in [0.4, 0.5) is 21.5 Å². The molecule has 0 bridgehead atoms. The summed E-state index contributed by atoms with van der Waals surface area (Å²) in [6.45, 7) is 3.81. The zero-order valence-corrected chi connectivity index (χ0v) is 11.9. The molecule has 0 aromatic heterocycles. The van der Waals surface area contributed by atoms with Gasteiger partial charge in [-0.25, -0.2) is 4.39 Å². The Morgan fingerprint density at radius 3 is 2.71 bits per heavy atom. The number of nitrogen functional groups attached to an aromatic ring is 1. The number of nitriles is 1. The topological polar surface area (TPSA) is 71.1 Å². The molecule has 0 aliphatic rings. The molecule has 2 aromatic carbocycles. The number of nitrogens with zero attached hydrogens (tertiary/aromatic N) is 1. The van der Waals surface area contributed by atoms with Crippen LogP contribution >= 0.6 is 0 Å². The van der Waals surface area contributed by atoms with Crippen molar-refractivity contribution in [1.29, 1.82) is 5.26 Å². The van der Waals surface area contributed by atoms with Crippen LogP contribution in [0.1, 0.15) is 19.4 Å². The van der Waals surface area contributed by atoms with Gasteiger partial charge in [0.2, 0.25) is 0 Å². The Hall–Kier alpha value is -2.74. The second kappa shape index (κ2) is 6.14. The van der Waals surface area contributed by atoms with Crippen LogP contribution in [-0.4, -0.2) is 6.10 Å². The monoisotopic (exact) mass is 285 g/mol. The predicted octanol–water partition coefficient (Wildman–Crippen LogP) is 3.81. The van der Waals surface area contributed by atoms with Crippen LogP contribution in [0, 0.1) is 17.1 Å². The van der Waals surface area contributed by atoms with Crippen molar-refractivity contribution in [2.24, 2.45) is 0 Å². The minimum atomic E-state index is -0.559. The molecule has 0 heterocycles. The molecule has 0 saturated carbocycles. The molecule has 5 heteroatoms. The fourth-order valence-corrected chi connectivity index (χ4v) is 1.87. The van der Waals surface area contributed by atoms with Crippen LogP contribution in [0.15, 0.2) is 36.4 Å². The van der Waals surface area contributed by atoms with Crippen LogP contribution in [-0.2, 0) is 0 Å². The van der Waals surface area contributed by atoms with Gasteiger partial charge in [0.05, 0.1) is 17.5 Å². The highest BCUT2D eigenvalue weighted by atomic mass is 19.1. The summed E-state index contributed by atoms with van der Waals surface area (Å²) in [6.07, 6.45) is -0.00797. The van der Waals surface area contributed by atoms with E-state index in [1.54, 1.807) is 30.3 Å². The number of anilines is 3. The van der Waals surface area contributed by atoms with E-state index in [0.717, 1.165) is 0 Å². The number of benzene rings is 2. The number of halogens is 1. The molecule has 0 saturated heterocycles. The van der Waals surface area contributed by atoms with Crippen molar-refractivity contribution in [2.45, 2.75) is 20.0 Å². The molecular formula is C16H16FN3O. The summed E-state index contributed by atoms with van der Waals surface area (Å²) in [6, 6.07) is 11.4. The minimum Gasteiger partial charge on any atom is -0.489 e. The van der Waals surface area contributed by atoms with E-state index >= 15 is 0 Å². The first-order valence-electron chi connectivity index (χ1n) is 6.53. The predicted molar refractivity (Wildman–Crippen MR) is 81.0 cm³/mol. The maximum atomic E-state index is 13.6. The van der Waals surface area contributed by atoms with Gasteiger partial charge in [-0.15, -0.1) is 0 Å². The summed E-state index contributed by atoms with van der Waals surface area (Å²) < 4.78 is 19.2. The first-order valence-corrected chi connectivity index (χ1v) is 6.53. The Kier molecular flexibility index (Phi) is 4.29. The molecule has 108 valence electrons. The zero-order chi connectivity index (χ0) is 15.4. The molecule has 2 rings (SSSR count). The van der Waals surface area contributed by atoms with E-state index in [-0.39, 0.29) is 11.7 Å². The largest absolute Gasteiger partial charge is 0.489 e. The standard InChI is InChI=1S/C16H16FN3O/c1-10(2)21-16-8-11(6-7-14(16)19)20-15-5-3-4-13(17)12(15)9-18/h3-8,10,20H,19H2,1-2H3. The van der Waals surface area contributed by atoms with Crippen molar-refractivity contribution in [3.05, 3.63) is 47.8 Å². The van der Waals surface area contributed by atoms with E-state index in [1.807, 2.05) is 19.9 Å². The van der Waals surface area contributed by atoms with Crippen molar-refractivity contribution in [3.8, 4) is 11.8 Å². The van der Waals surface area contributed by atoms with Gasteiger partial charge in [0.15, 0.2) is 0 Å². The van der Waals surface area contributed by atoms with Gasteiger partial charge < -0.3 is 15.8 Å². The van der Waals surface area contributed by atoms with Crippen LogP contribution in [0.5, 0.6) is 5.75 Å². The number of rotatable bonds is 4. The lowest BCUT2D eigenvalue weighted by Crippen LogP contribution is -2.07. The average molecular weight is 285 g/mol. The first-order chi connectivity index (χ1) is 10.0. The minimum absolute atomic E-state index is 0.00797. The smallest absolute Gasteiger partial charge is 0.144 e. The fraction of sp³-hybridized carbons (Fsp3) is 0.188. The highest BCUT2D eigenvalue weighted by Gasteiger charge is 2.09. The Morgan fingerprint density at radius 2 is 2.05 bits per heavy atom. The lowest BCUT2D eigenvalue weighted by atomic mass is 10.1. The molecule has 0 amide bonds. The van der Waals surface area contributed by atoms with E-state index < -0.39 is 5.82 Å². The second-order valence-electron chi connectivity index (χ2n) is 4.82. The molecular weight excluding hydrogens is 269 g/mol. The lowest BCUT2D eigenvalue weighted by Gasteiger charge is -2.15. The Bertz CT molecular complexity index is 692. The van der Waals surface area contributed by atoms with Gasteiger partial charge in [-0.3, -0.25) is 0 Å². The van der Waals surface area contributed by atoms with Gasteiger partial charge in [0.1, 0.15) is 23.2 Å². The van der Waals surface area contributed by atoms with E-state index in [4.69, 9.17) is 15.7 Å². The summed E-state index contributed by atoms with van der Waals surface area (Å²) in [5.74, 6) is -0.0125. The first kappa shape index (κ1) is 14.7. The summed E-state index contributed by atoms with van der Waals surface area (Å²) in [7, 11) is 0. The van der Waals surface area contributed by atoms with Crippen molar-refractivity contribution in [2.75, 3.05) is 11.1 Å². The Balaban J connectivity index is 2.33. The number of nitrogens with one attached hydrogen (secondary N) is 1. The van der Waals surface area contributed by atoms with Gasteiger partial charge in [0, 0.05) is 11.8 Å². The third-order valence-corrected chi connectivity index (χ3v) is 2.78. The average Bonchev–Trinajstić information content (AvgIpc) is 2.42. The van der Waals surface area contributed by atoms with Gasteiger partial charge in [0.25, 0.3) is 0 Å². The van der Waals surface area contributed by atoms with Crippen molar-refractivity contribution in [1.82, 2.24) is 0 Å². The molecule has 0 aliphatic heterocycles. The van der Waals surface area contributed by atoms with Gasteiger partial charge in [-0.2, -0.15) is 5.26 Å². The molecule has 21 heavy (non-hydrogen) atoms. The van der Waals surface area contributed by atoms with Gasteiger partial charge in [-0.05, 0) is 38.1 Å². The zero-order valence-electron chi connectivity index (χ0n) is 11.9. The fourth-order valence-electron chi connectivity index (χ4n) is 1.87. The molecule has 0 atom stereocenters. The molecule has 4 nitrogen and oxygen atoms in total. The van der Waals surface area contributed by atoms with Crippen molar-refractivity contribution < 1.29 is 9.13 Å². The van der Waals surface area contributed by atoms with Gasteiger partial charge >= 0.3 is 0 Å². The maximum absolute atomic E-state index is 13.6. The highest BCUT2D eigenvalue weighted by molar-refractivity contribution is 5.70. The molecule has 0 fully saturated rings.